The summed E-state index contributed by atoms with van der Waals surface area (Å²) in [6.45, 7) is 0. The summed E-state index contributed by atoms with van der Waals surface area (Å²) in [5, 5.41) is 10.9. The molecule has 7 N–H and O–H groups in total. The molecule has 16 heteroatoms. The molecule has 0 radical (unpaired) electrons. The van der Waals surface area contributed by atoms with Crippen molar-refractivity contribution in [2.75, 3.05) is 5.08 Å². The summed E-state index contributed by atoms with van der Waals surface area (Å²) in [6, 6.07) is 0. The van der Waals surface area contributed by atoms with E-state index in [9.17, 15) is 29.5 Å². The van der Waals surface area contributed by atoms with Crippen molar-refractivity contribution < 1.29 is 37.6 Å². The molecule has 0 amide bonds. The maximum Gasteiger partial charge on any atom is 0.353 e. The zero-order chi connectivity index (χ0) is 14.4. The Bertz CT molecular complexity index is 641. The fraction of sp³-hybridized carbons (Fsp3) is 1.00. The lowest BCUT2D eigenvalue weighted by molar-refractivity contribution is 0.475. The molecule has 0 fully saturated rings. The van der Waals surface area contributed by atoms with Gasteiger partial charge in [-0.3, -0.25) is 4.55 Å². The molecule has 17 heavy (non-hydrogen) atoms. The number of hydrogen-bond donors (Lipinski definition) is 4. The average Bonchev–Trinajstić information content (AvgIpc) is 1.68. The van der Waals surface area contributed by atoms with Crippen molar-refractivity contribution >= 4 is 38.0 Å². The van der Waals surface area contributed by atoms with Gasteiger partial charge in [0.1, 0.15) is 0 Å². The molecule has 0 aromatic heterocycles. The highest BCUT2D eigenvalue weighted by Crippen LogP contribution is 2.27. The summed E-state index contributed by atoms with van der Waals surface area (Å²) in [7, 11) is -22.5. The van der Waals surface area contributed by atoms with Crippen molar-refractivity contribution in [1.29, 1.82) is 0 Å². The molecule has 12 nitrogen and oxygen atoms in total. The predicted octanol–water partition coefficient (Wildman–Crippen LogP) is -4.14. The van der Waals surface area contributed by atoms with Crippen molar-refractivity contribution in [2.24, 2.45) is 15.4 Å². The van der Waals surface area contributed by atoms with E-state index in [1.54, 1.807) is 0 Å². The molecule has 0 atom stereocenters. The van der Waals surface area contributed by atoms with E-state index in [2.05, 4.69) is 19.0 Å². The summed E-state index contributed by atoms with van der Waals surface area (Å²) in [5.41, 5.74) is 0. The van der Waals surface area contributed by atoms with E-state index in [1.165, 1.54) is 0 Å². The first-order valence-electron chi connectivity index (χ1n) is 3.13. The van der Waals surface area contributed by atoms with Crippen LogP contribution in [0.1, 0.15) is 0 Å². The first kappa shape index (κ1) is 16.8. The third-order valence-electron chi connectivity index (χ3n) is 1.09. The van der Waals surface area contributed by atoms with Gasteiger partial charge in [0.25, 0.3) is 10.1 Å². The second-order valence-electron chi connectivity index (χ2n) is 2.77. The molecular formula is CH9N3O9S4. The highest BCUT2D eigenvalue weighted by molar-refractivity contribution is 8.79. The summed E-state index contributed by atoms with van der Waals surface area (Å²) in [4.78, 5) is 0. The van der Waals surface area contributed by atoms with Crippen LogP contribution in [-0.4, -0.2) is 39.1 Å². The third-order valence-corrected chi connectivity index (χ3v) is 11.2. The van der Waals surface area contributed by atoms with Crippen molar-refractivity contribution in [3.8, 4) is 0 Å². The van der Waals surface area contributed by atoms with E-state index in [4.69, 9.17) is 4.55 Å². The second-order valence-corrected chi connectivity index (χ2v) is 12.9. The quantitative estimate of drug-likeness (QED) is 0.282. The van der Waals surface area contributed by atoms with Gasteiger partial charge in [0, 0.05) is 0 Å². The molecule has 0 heterocycles. The Hall–Kier alpha value is -0.200. The second kappa shape index (κ2) is 3.90. The fourth-order valence-corrected chi connectivity index (χ4v) is 9.39. The number of rotatable bonds is 5. The molecular weight excluding hydrogens is 326 g/mol. The Kier molecular flexibility index (Phi) is 3.85. The van der Waals surface area contributed by atoms with Crippen LogP contribution in [0.2, 0.25) is 0 Å². The van der Waals surface area contributed by atoms with Gasteiger partial charge in [0.05, 0.1) is 0 Å². The first-order chi connectivity index (χ1) is 6.96. The highest BCUT2D eigenvalue weighted by Gasteiger charge is 2.46. The van der Waals surface area contributed by atoms with Crippen LogP contribution in [0.5, 0.6) is 0 Å². The molecule has 0 unspecified atom stereocenters. The van der Waals surface area contributed by atoms with Gasteiger partial charge in [-0.25, -0.2) is 15.4 Å². The minimum atomic E-state index is -6.48. The maximum absolute atomic E-state index is 11.7. The summed E-state index contributed by atoms with van der Waals surface area (Å²) < 4.78 is 87.1. The summed E-state index contributed by atoms with van der Waals surface area (Å²) in [5.74, 6) is 0. The van der Waals surface area contributed by atoms with Crippen LogP contribution < -0.4 is 15.4 Å². The Morgan fingerprint density at radius 1 is 1.06 bits per heavy atom. The molecule has 0 bridgehead atoms. The van der Waals surface area contributed by atoms with E-state index < -0.39 is 43.1 Å². The minimum Gasteiger partial charge on any atom is -0.284 e. The molecule has 0 aromatic rings. The van der Waals surface area contributed by atoms with Gasteiger partial charge in [0.15, 0.2) is 5.08 Å². The fourth-order valence-electron chi connectivity index (χ4n) is 0.593. The van der Waals surface area contributed by atoms with E-state index in [0.29, 0.717) is 0 Å². The average molecular weight is 335 g/mol. The van der Waals surface area contributed by atoms with Gasteiger partial charge in [-0.05, 0) is 8.56 Å². The highest BCUT2D eigenvalue weighted by atomic mass is 33.2. The van der Waals surface area contributed by atoms with E-state index in [0.717, 1.165) is 0 Å². The van der Waals surface area contributed by atoms with E-state index in [-0.39, 0.29) is 0 Å². The zero-order valence-corrected chi connectivity index (χ0v) is 11.1. The van der Waals surface area contributed by atoms with Crippen LogP contribution in [0.25, 0.3) is 0 Å². The SMILES string of the molecule is NS(=O)(=O)OS(N)(=O)(CS(=O)(=O)O)S(N)(=O)=O. The number of hydrogen-bond acceptors (Lipinski definition) is 8. The van der Waals surface area contributed by atoms with Crippen LogP contribution in [0.15, 0.2) is 0 Å². The normalized spacial score (nSPS) is 17.3. The predicted molar refractivity (Wildman–Crippen MR) is 56.0 cm³/mol. The van der Waals surface area contributed by atoms with Gasteiger partial charge in [0.2, 0.25) is 0 Å². The Morgan fingerprint density at radius 2 is 1.41 bits per heavy atom. The van der Waals surface area contributed by atoms with Gasteiger partial charge in [-0.1, -0.05) is 0 Å². The molecule has 0 rings (SSSR count). The Morgan fingerprint density at radius 3 is 1.59 bits per heavy atom. The van der Waals surface area contributed by atoms with Gasteiger partial charge >= 0.3 is 19.4 Å². The molecule has 0 aliphatic heterocycles. The zero-order valence-electron chi connectivity index (χ0n) is 7.79. The van der Waals surface area contributed by atoms with Gasteiger partial charge < -0.3 is 0 Å². The third kappa shape index (κ3) is 4.52. The van der Waals surface area contributed by atoms with Crippen LogP contribution in [0.4, 0.5) is 0 Å². The molecule has 0 saturated carbocycles. The van der Waals surface area contributed by atoms with Crippen LogP contribution in [0, 0.1) is 0 Å². The van der Waals surface area contributed by atoms with Crippen molar-refractivity contribution in [2.45, 2.75) is 0 Å². The van der Waals surface area contributed by atoms with Crippen molar-refractivity contribution in [1.82, 2.24) is 0 Å². The smallest absolute Gasteiger partial charge is 0.284 e. The molecule has 0 aliphatic carbocycles. The van der Waals surface area contributed by atoms with Crippen molar-refractivity contribution in [3.05, 3.63) is 0 Å². The topological polar surface area (TPSA) is 227 Å². The maximum atomic E-state index is 11.7. The lowest BCUT2D eigenvalue weighted by atomic mass is 11.9. The van der Waals surface area contributed by atoms with Crippen LogP contribution in [-0.2, 0) is 41.7 Å². The largest absolute Gasteiger partial charge is 0.353 e. The van der Waals surface area contributed by atoms with Crippen LogP contribution in [0.3, 0.4) is 0 Å². The molecule has 0 saturated heterocycles. The summed E-state index contributed by atoms with van der Waals surface area (Å²) >= 11 is 0. The van der Waals surface area contributed by atoms with Crippen LogP contribution >= 0.6 is 0 Å². The Labute approximate surface area is 96.3 Å². The minimum absolute atomic E-state index is 2.28. The molecule has 0 aliphatic rings. The van der Waals surface area contributed by atoms with Gasteiger partial charge in [-0.15, -0.1) is 3.63 Å². The van der Waals surface area contributed by atoms with Gasteiger partial charge in [-0.2, -0.15) is 29.5 Å². The molecule has 0 spiro atoms. The standard InChI is InChI=1S/CH9N3O9S4/c2-15(8,9)13-17(4,12,16(3,10)11)1-14(5,6)7/h1H2,(H2,4,12)(H2,2,8,9)(H2,3,10,11)(H,5,6,7). The van der Waals surface area contributed by atoms with Crippen molar-refractivity contribution in [3.63, 3.8) is 0 Å². The molecule has 106 valence electrons. The van der Waals surface area contributed by atoms with E-state index in [1.807, 2.05) is 0 Å². The summed E-state index contributed by atoms with van der Waals surface area (Å²) in [6.07, 6.45) is 0. The first-order valence-corrected chi connectivity index (χ1v) is 10.4. The number of nitrogens with two attached hydrogens (primary N) is 3. The van der Waals surface area contributed by atoms with E-state index >= 15 is 0 Å². The monoisotopic (exact) mass is 335 g/mol. The molecule has 0 aromatic carbocycles. The lowest BCUT2D eigenvalue weighted by Gasteiger charge is -2.37. The lowest BCUT2D eigenvalue weighted by Crippen LogP contribution is -2.60. The Balaban J connectivity index is 6.19.